The summed E-state index contributed by atoms with van der Waals surface area (Å²) in [5.41, 5.74) is 2.33. The van der Waals surface area contributed by atoms with Gasteiger partial charge in [-0.05, 0) is 30.5 Å². The second kappa shape index (κ2) is 9.23. The van der Waals surface area contributed by atoms with E-state index >= 15 is 0 Å². The van der Waals surface area contributed by atoms with Crippen LogP contribution in [0.3, 0.4) is 0 Å². The lowest BCUT2D eigenvalue weighted by Crippen LogP contribution is -2.39. The quantitative estimate of drug-likeness (QED) is 0.655. The molecular formula is C21H25N5OS. The van der Waals surface area contributed by atoms with Crippen LogP contribution in [-0.2, 0) is 17.6 Å². The SMILES string of the molecule is CCc1nnc(Nc2cccc([C@@H]3CN(CCc4ccccc4)CCO3)n2)s1. The van der Waals surface area contributed by atoms with Crippen LogP contribution >= 0.6 is 11.3 Å². The minimum absolute atomic E-state index is 0.00750. The molecule has 1 aliphatic rings. The van der Waals surface area contributed by atoms with Crippen molar-refractivity contribution < 1.29 is 4.74 Å². The van der Waals surface area contributed by atoms with Gasteiger partial charge in [-0.3, -0.25) is 4.90 Å². The maximum absolute atomic E-state index is 6.02. The van der Waals surface area contributed by atoms with E-state index in [1.807, 2.05) is 18.2 Å². The van der Waals surface area contributed by atoms with Gasteiger partial charge in [0, 0.05) is 19.6 Å². The van der Waals surface area contributed by atoms with E-state index in [0.717, 1.165) is 60.7 Å². The Morgan fingerprint density at radius 1 is 1.14 bits per heavy atom. The van der Waals surface area contributed by atoms with E-state index in [-0.39, 0.29) is 6.10 Å². The van der Waals surface area contributed by atoms with Gasteiger partial charge in [-0.1, -0.05) is 54.7 Å². The van der Waals surface area contributed by atoms with Crippen LogP contribution in [0.15, 0.2) is 48.5 Å². The molecule has 1 saturated heterocycles. The Labute approximate surface area is 169 Å². The molecule has 1 aromatic carbocycles. The number of morpholine rings is 1. The summed E-state index contributed by atoms with van der Waals surface area (Å²) in [7, 11) is 0. The number of nitrogens with zero attached hydrogens (tertiary/aromatic N) is 4. The molecule has 3 aromatic rings. The zero-order valence-corrected chi connectivity index (χ0v) is 16.9. The van der Waals surface area contributed by atoms with E-state index in [4.69, 9.17) is 9.72 Å². The van der Waals surface area contributed by atoms with E-state index in [2.05, 4.69) is 57.7 Å². The Bertz CT molecular complexity index is 885. The molecule has 0 spiro atoms. The van der Waals surface area contributed by atoms with E-state index in [1.165, 1.54) is 5.56 Å². The number of aromatic nitrogens is 3. The summed E-state index contributed by atoms with van der Waals surface area (Å²) in [4.78, 5) is 7.22. The lowest BCUT2D eigenvalue weighted by molar-refractivity contribution is -0.0315. The number of hydrogen-bond donors (Lipinski definition) is 1. The zero-order chi connectivity index (χ0) is 19.2. The molecule has 7 heteroatoms. The fourth-order valence-corrected chi connectivity index (χ4v) is 3.96. The zero-order valence-electron chi connectivity index (χ0n) is 16.0. The van der Waals surface area contributed by atoms with Gasteiger partial charge in [0.05, 0.1) is 12.3 Å². The van der Waals surface area contributed by atoms with Crippen molar-refractivity contribution in [2.24, 2.45) is 0 Å². The highest BCUT2D eigenvalue weighted by Gasteiger charge is 2.23. The van der Waals surface area contributed by atoms with Crippen molar-refractivity contribution in [1.82, 2.24) is 20.1 Å². The third-order valence-corrected chi connectivity index (χ3v) is 5.80. The van der Waals surface area contributed by atoms with E-state index in [9.17, 15) is 0 Å². The second-order valence-corrected chi connectivity index (χ2v) is 7.88. The fraction of sp³-hybridized carbons (Fsp3) is 0.381. The van der Waals surface area contributed by atoms with Gasteiger partial charge in [-0.25, -0.2) is 4.98 Å². The number of rotatable bonds is 7. The van der Waals surface area contributed by atoms with Gasteiger partial charge in [0.2, 0.25) is 5.13 Å². The largest absolute Gasteiger partial charge is 0.369 e. The standard InChI is InChI=1S/C21H25N5OS/c1-2-20-24-25-21(28-20)23-19-10-6-9-17(22-19)18-15-26(13-14-27-18)12-11-16-7-4-3-5-8-16/h3-10,18H,2,11-15H2,1H3,(H,22,23,25)/t18-/m0/s1. The van der Waals surface area contributed by atoms with Crippen LogP contribution in [0.1, 0.15) is 29.3 Å². The molecule has 146 valence electrons. The average Bonchev–Trinajstić information content (AvgIpc) is 3.21. The molecule has 0 bridgehead atoms. The summed E-state index contributed by atoms with van der Waals surface area (Å²) in [6.07, 6.45) is 1.94. The van der Waals surface area contributed by atoms with Crippen molar-refractivity contribution in [3.05, 3.63) is 64.8 Å². The number of nitrogens with one attached hydrogen (secondary N) is 1. The Morgan fingerprint density at radius 2 is 2.04 bits per heavy atom. The van der Waals surface area contributed by atoms with Crippen LogP contribution in [0.2, 0.25) is 0 Å². The van der Waals surface area contributed by atoms with Crippen LogP contribution in [-0.4, -0.2) is 46.3 Å². The van der Waals surface area contributed by atoms with E-state index in [0.29, 0.717) is 0 Å². The highest BCUT2D eigenvalue weighted by atomic mass is 32.1. The lowest BCUT2D eigenvalue weighted by Gasteiger charge is -2.32. The summed E-state index contributed by atoms with van der Waals surface area (Å²) in [6, 6.07) is 16.6. The molecule has 1 fully saturated rings. The number of ether oxygens (including phenoxy) is 1. The minimum atomic E-state index is -0.00750. The van der Waals surface area contributed by atoms with Gasteiger partial charge in [0.1, 0.15) is 16.9 Å². The Morgan fingerprint density at radius 3 is 2.86 bits per heavy atom. The lowest BCUT2D eigenvalue weighted by atomic mass is 10.1. The fourth-order valence-electron chi connectivity index (χ4n) is 3.27. The smallest absolute Gasteiger partial charge is 0.211 e. The first-order valence-corrected chi connectivity index (χ1v) is 10.6. The number of benzene rings is 1. The normalized spacial score (nSPS) is 17.5. The molecule has 1 atom stereocenters. The number of pyridine rings is 1. The Balaban J connectivity index is 1.37. The molecule has 0 saturated carbocycles. The molecule has 1 N–H and O–H groups in total. The molecule has 2 aromatic heterocycles. The summed E-state index contributed by atoms with van der Waals surface area (Å²) in [5, 5.41) is 13.4. The Kier molecular flexibility index (Phi) is 6.26. The predicted molar refractivity (Wildman–Crippen MR) is 112 cm³/mol. The highest BCUT2D eigenvalue weighted by molar-refractivity contribution is 7.15. The minimum Gasteiger partial charge on any atom is -0.369 e. The first-order valence-electron chi connectivity index (χ1n) is 9.74. The second-order valence-electron chi connectivity index (χ2n) is 6.82. The molecule has 1 aliphatic heterocycles. The van der Waals surface area contributed by atoms with Crippen molar-refractivity contribution in [1.29, 1.82) is 0 Å². The number of anilines is 2. The topological polar surface area (TPSA) is 63.2 Å². The summed E-state index contributed by atoms with van der Waals surface area (Å²) >= 11 is 1.56. The maximum atomic E-state index is 6.02. The first kappa shape index (κ1) is 19.0. The summed E-state index contributed by atoms with van der Waals surface area (Å²) in [5.74, 6) is 0.779. The third-order valence-electron chi connectivity index (χ3n) is 4.81. The monoisotopic (exact) mass is 395 g/mol. The van der Waals surface area contributed by atoms with Crippen molar-refractivity contribution in [3.63, 3.8) is 0 Å². The van der Waals surface area contributed by atoms with Gasteiger partial charge in [0.15, 0.2) is 0 Å². The highest BCUT2D eigenvalue weighted by Crippen LogP contribution is 2.24. The van der Waals surface area contributed by atoms with Crippen molar-refractivity contribution >= 4 is 22.3 Å². The molecule has 0 amide bonds. The number of aryl methyl sites for hydroxylation is 1. The molecule has 0 aliphatic carbocycles. The van der Waals surface area contributed by atoms with E-state index in [1.54, 1.807) is 11.3 Å². The van der Waals surface area contributed by atoms with Crippen LogP contribution in [0.5, 0.6) is 0 Å². The van der Waals surface area contributed by atoms with Crippen molar-refractivity contribution in [2.45, 2.75) is 25.9 Å². The molecule has 0 unspecified atom stereocenters. The van der Waals surface area contributed by atoms with Crippen molar-refractivity contribution in [2.75, 3.05) is 31.6 Å². The van der Waals surface area contributed by atoms with Gasteiger partial charge >= 0.3 is 0 Å². The van der Waals surface area contributed by atoms with Gasteiger partial charge in [-0.2, -0.15) is 0 Å². The third kappa shape index (κ3) is 4.92. The van der Waals surface area contributed by atoms with Crippen LogP contribution in [0.25, 0.3) is 0 Å². The van der Waals surface area contributed by atoms with Crippen LogP contribution in [0, 0.1) is 0 Å². The molecule has 4 rings (SSSR count). The molecule has 0 radical (unpaired) electrons. The maximum Gasteiger partial charge on any atom is 0.211 e. The molecular weight excluding hydrogens is 370 g/mol. The van der Waals surface area contributed by atoms with Crippen molar-refractivity contribution in [3.8, 4) is 0 Å². The van der Waals surface area contributed by atoms with E-state index < -0.39 is 0 Å². The van der Waals surface area contributed by atoms with Gasteiger partial charge in [0.25, 0.3) is 0 Å². The van der Waals surface area contributed by atoms with Gasteiger partial charge < -0.3 is 10.1 Å². The van der Waals surface area contributed by atoms with Crippen LogP contribution in [0.4, 0.5) is 10.9 Å². The average molecular weight is 396 g/mol. The molecule has 28 heavy (non-hydrogen) atoms. The molecule has 6 nitrogen and oxygen atoms in total. The number of hydrogen-bond acceptors (Lipinski definition) is 7. The first-order chi connectivity index (χ1) is 13.8. The molecule has 3 heterocycles. The summed E-state index contributed by atoms with van der Waals surface area (Å²) in [6.45, 7) is 5.67. The van der Waals surface area contributed by atoms with Gasteiger partial charge in [-0.15, -0.1) is 10.2 Å². The summed E-state index contributed by atoms with van der Waals surface area (Å²) < 4.78 is 6.02. The van der Waals surface area contributed by atoms with Crippen LogP contribution < -0.4 is 5.32 Å². The predicted octanol–water partition coefficient (Wildman–Crippen LogP) is 3.86. The Hall–Kier alpha value is -2.35.